The molecular formula is C10H7F2NO4. The Morgan fingerprint density at radius 3 is 2.29 bits per heavy atom. The predicted octanol–water partition coefficient (Wildman–Crippen LogP) is 1.43. The number of carboxylic acids is 2. The van der Waals surface area contributed by atoms with Crippen molar-refractivity contribution in [2.45, 2.75) is 0 Å². The zero-order chi connectivity index (χ0) is 13.0. The van der Waals surface area contributed by atoms with E-state index >= 15 is 0 Å². The van der Waals surface area contributed by atoms with Gasteiger partial charge < -0.3 is 15.5 Å². The Morgan fingerprint density at radius 2 is 1.76 bits per heavy atom. The Bertz CT molecular complexity index is 483. The highest BCUT2D eigenvalue weighted by Gasteiger charge is 2.16. The van der Waals surface area contributed by atoms with E-state index in [1.54, 1.807) is 0 Å². The highest BCUT2D eigenvalue weighted by Crippen LogP contribution is 2.16. The molecule has 0 spiro atoms. The van der Waals surface area contributed by atoms with Gasteiger partial charge >= 0.3 is 11.9 Å². The lowest BCUT2D eigenvalue weighted by molar-refractivity contribution is -0.140. The molecule has 0 aliphatic rings. The second-order valence-electron chi connectivity index (χ2n) is 2.91. The van der Waals surface area contributed by atoms with Crippen molar-refractivity contribution in [2.75, 3.05) is 5.32 Å². The summed E-state index contributed by atoms with van der Waals surface area (Å²) in [5, 5.41) is 19.1. The highest BCUT2D eigenvalue weighted by atomic mass is 19.2. The first-order valence-corrected chi connectivity index (χ1v) is 4.30. The van der Waals surface area contributed by atoms with Gasteiger partial charge in [0.1, 0.15) is 0 Å². The van der Waals surface area contributed by atoms with Gasteiger partial charge in [-0.25, -0.2) is 18.4 Å². The molecular weight excluding hydrogens is 236 g/mol. The molecule has 90 valence electrons. The van der Waals surface area contributed by atoms with Crippen LogP contribution in [0.2, 0.25) is 0 Å². The fourth-order valence-corrected chi connectivity index (χ4v) is 0.980. The van der Waals surface area contributed by atoms with Crippen LogP contribution in [0.1, 0.15) is 0 Å². The number of anilines is 1. The maximum Gasteiger partial charge on any atom is 0.344 e. The van der Waals surface area contributed by atoms with E-state index in [2.05, 4.69) is 5.32 Å². The third kappa shape index (κ3) is 3.00. The molecule has 1 aromatic rings. The van der Waals surface area contributed by atoms with Crippen LogP contribution < -0.4 is 5.32 Å². The number of carbonyl (C=O) groups is 2. The first kappa shape index (κ1) is 12.6. The van der Waals surface area contributed by atoms with Gasteiger partial charge in [-0.1, -0.05) is 6.07 Å². The van der Waals surface area contributed by atoms with E-state index < -0.39 is 29.1 Å². The molecule has 0 heterocycles. The van der Waals surface area contributed by atoms with Crippen LogP contribution in [0.4, 0.5) is 14.5 Å². The Kier molecular flexibility index (Phi) is 3.76. The Morgan fingerprint density at radius 1 is 1.18 bits per heavy atom. The van der Waals surface area contributed by atoms with Gasteiger partial charge in [-0.05, 0) is 12.1 Å². The van der Waals surface area contributed by atoms with E-state index in [-0.39, 0.29) is 5.69 Å². The zero-order valence-corrected chi connectivity index (χ0v) is 8.28. The molecule has 0 amide bonds. The molecule has 0 aliphatic carbocycles. The number of halogens is 2. The summed E-state index contributed by atoms with van der Waals surface area (Å²) in [6, 6.07) is 3.20. The van der Waals surface area contributed by atoms with E-state index in [1.165, 1.54) is 6.07 Å². The Labute approximate surface area is 94.0 Å². The molecule has 3 N–H and O–H groups in total. The largest absolute Gasteiger partial charge is 0.477 e. The van der Waals surface area contributed by atoms with E-state index in [4.69, 9.17) is 10.2 Å². The third-order valence-electron chi connectivity index (χ3n) is 1.78. The van der Waals surface area contributed by atoms with Crippen molar-refractivity contribution in [3.8, 4) is 0 Å². The lowest BCUT2D eigenvalue weighted by atomic mass is 10.2. The van der Waals surface area contributed by atoms with E-state index in [0.717, 1.165) is 12.1 Å². The van der Waals surface area contributed by atoms with Gasteiger partial charge in [0, 0.05) is 6.20 Å². The fourth-order valence-electron chi connectivity index (χ4n) is 0.980. The van der Waals surface area contributed by atoms with E-state index in [0.29, 0.717) is 6.20 Å². The molecule has 1 aromatic carbocycles. The fraction of sp³-hybridized carbons (Fsp3) is 0. The molecule has 0 radical (unpaired) electrons. The predicted molar refractivity (Wildman–Crippen MR) is 53.3 cm³/mol. The van der Waals surface area contributed by atoms with Crippen molar-refractivity contribution in [1.82, 2.24) is 0 Å². The number of rotatable bonds is 4. The second-order valence-corrected chi connectivity index (χ2v) is 2.91. The van der Waals surface area contributed by atoms with Crippen molar-refractivity contribution in [2.24, 2.45) is 0 Å². The van der Waals surface area contributed by atoms with Crippen molar-refractivity contribution < 1.29 is 28.6 Å². The lowest BCUT2D eigenvalue weighted by Crippen LogP contribution is -2.13. The second kappa shape index (κ2) is 5.06. The topological polar surface area (TPSA) is 86.6 Å². The average molecular weight is 243 g/mol. The minimum absolute atomic E-state index is 0.356. The average Bonchev–Trinajstić information content (AvgIpc) is 2.23. The van der Waals surface area contributed by atoms with Gasteiger partial charge in [-0.2, -0.15) is 0 Å². The van der Waals surface area contributed by atoms with Crippen LogP contribution in [0.3, 0.4) is 0 Å². The van der Waals surface area contributed by atoms with Crippen LogP contribution in [0.5, 0.6) is 0 Å². The van der Waals surface area contributed by atoms with Crippen LogP contribution in [0.25, 0.3) is 0 Å². The molecule has 17 heavy (non-hydrogen) atoms. The molecule has 0 aromatic heterocycles. The number of hydrogen-bond donors (Lipinski definition) is 3. The number of carboxylic acid groups (broad SMARTS) is 2. The molecule has 0 bridgehead atoms. The van der Waals surface area contributed by atoms with Gasteiger partial charge in [0.2, 0.25) is 0 Å². The highest BCUT2D eigenvalue weighted by molar-refractivity contribution is 6.12. The zero-order valence-electron chi connectivity index (χ0n) is 8.28. The van der Waals surface area contributed by atoms with Crippen molar-refractivity contribution in [1.29, 1.82) is 0 Å². The molecule has 1 rings (SSSR count). The van der Waals surface area contributed by atoms with Gasteiger partial charge in [0.25, 0.3) is 0 Å². The standard InChI is InChI=1S/C10H7F2NO4/c11-6-2-1-3-7(8(6)12)13-4-5(9(14)15)10(16)17/h1-4,13H,(H,14,15)(H,16,17). The van der Waals surface area contributed by atoms with Crippen molar-refractivity contribution >= 4 is 17.6 Å². The van der Waals surface area contributed by atoms with Gasteiger partial charge in [0.05, 0.1) is 5.69 Å². The Balaban J connectivity index is 2.99. The SMILES string of the molecule is O=C(O)C(=CNc1cccc(F)c1F)C(=O)O. The van der Waals surface area contributed by atoms with E-state index in [9.17, 15) is 18.4 Å². The van der Waals surface area contributed by atoms with Gasteiger partial charge in [0.15, 0.2) is 17.2 Å². The summed E-state index contributed by atoms with van der Waals surface area (Å²) in [7, 11) is 0. The molecule has 0 unspecified atom stereocenters. The minimum Gasteiger partial charge on any atom is -0.477 e. The summed E-state index contributed by atoms with van der Waals surface area (Å²) in [6.45, 7) is 0. The molecule has 0 atom stereocenters. The van der Waals surface area contributed by atoms with Crippen LogP contribution in [-0.4, -0.2) is 22.2 Å². The minimum atomic E-state index is -1.69. The summed E-state index contributed by atoms with van der Waals surface area (Å²) in [4.78, 5) is 20.9. The summed E-state index contributed by atoms with van der Waals surface area (Å²) in [6.07, 6.45) is 0.572. The van der Waals surface area contributed by atoms with Gasteiger partial charge in [-0.15, -0.1) is 0 Å². The summed E-state index contributed by atoms with van der Waals surface area (Å²) < 4.78 is 25.8. The summed E-state index contributed by atoms with van der Waals surface area (Å²) in [5.74, 6) is -5.74. The molecule has 0 aliphatic heterocycles. The molecule has 0 saturated heterocycles. The van der Waals surface area contributed by atoms with Crippen molar-refractivity contribution in [3.05, 3.63) is 41.6 Å². The molecule has 7 heteroatoms. The van der Waals surface area contributed by atoms with Crippen LogP contribution in [-0.2, 0) is 9.59 Å². The van der Waals surface area contributed by atoms with Crippen LogP contribution >= 0.6 is 0 Å². The smallest absolute Gasteiger partial charge is 0.344 e. The Hall–Kier alpha value is -2.44. The quantitative estimate of drug-likeness (QED) is 0.423. The monoisotopic (exact) mass is 243 g/mol. The van der Waals surface area contributed by atoms with Crippen molar-refractivity contribution in [3.63, 3.8) is 0 Å². The molecule has 0 fully saturated rings. The molecule has 0 saturated carbocycles. The first-order valence-electron chi connectivity index (χ1n) is 4.30. The first-order chi connectivity index (χ1) is 7.93. The van der Waals surface area contributed by atoms with Crippen LogP contribution in [0, 0.1) is 11.6 Å². The number of nitrogens with one attached hydrogen (secondary N) is 1. The summed E-state index contributed by atoms with van der Waals surface area (Å²) >= 11 is 0. The van der Waals surface area contributed by atoms with E-state index in [1.807, 2.05) is 0 Å². The van der Waals surface area contributed by atoms with Crippen LogP contribution in [0.15, 0.2) is 30.0 Å². The maximum absolute atomic E-state index is 13.1. The number of benzene rings is 1. The summed E-state index contributed by atoms with van der Waals surface area (Å²) in [5.41, 5.74) is -1.35. The maximum atomic E-state index is 13.1. The third-order valence-corrected chi connectivity index (χ3v) is 1.78. The van der Waals surface area contributed by atoms with Gasteiger partial charge in [-0.3, -0.25) is 0 Å². The lowest BCUT2D eigenvalue weighted by Gasteiger charge is -2.03. The number of hydrogen-bond acceptors (Lipinski definition) is 3. The normalized spacial score (nSPS) is 9.53. The number of aliphatic carboxylic acids is 2. The molecule has 5 nitrogen and oxygen atoms in total.